The summed E-state index contributed by atoms with van der Waals surface area (Å²) in [4.78, 5) is 41.6. The van der Waals surface area contributed by atoms with Crippen LogP contribution >= 0.6 is 0 Å². The summed E-state index contributed by atoms with van der Waals surface area (Å²) in [5, 5.41) is 0. The SMILES string of the molecule is O=C1C(c2ccccc2)=C(C(=O)N2C(=O)OC[C@@H]2c2ccccc2)[C@H]2[C@@H]3CC[C@@H](C3)[C@@H]12. The maximum atomic E-state index is 14.0. The highest BCUT2D eigenvalue weighted by Crippen LogP contribution is 2.61. The Balaban J connectivity index is 1.48. The smallest absolute Gasteiger partial charge is 0.417 e. The second-order valence-electron chi connectivity index (χ2n) is 9.08. The fourth-order valence-electron chi connectivity index (χ4n) is 6.40. The summed E-state index contributed by atoms with van der Waals surface area (Å²) in [6.07, 6.45) is 2.48. The quantitative estimate of drug-likeness (QED) is 0.748. The van der Waals surface area contributed by atoms with Crippen molar-refractivity contribution in [2.24, 2.45) is 23.7 Å². The number of fused-ring (bicyclic) bond motifs is 5. The van der Waals surface area contributed by atoms with E-state index in [0.29, 0.717) is 23.0 Å². The molecule has 5 heteroatoms. The van der Waals surface area contributed by atoms with Crippen LogP contribution in [0.5, 0.6) is 0 Å². The summed E-state index contributed by atoms with van der Waals surface area (Å²) in [5.41, 5.74) is 2.68. The van der Waals surface area contributed by atoms with Crippen molar-refractivity contribution in [3.05, 3.63) is 77.4 Å². The number of amides is 2. The second-order valence-corrected chi connectivity index (χ2v) is 9.08. The fraction of sp³-hybridized carbons (Fsp3) is 0.346. The van der Waals surface area contributed by atoms with Crippen LogP contribution in [0.25, 0.3) is 5.57 Å². The van der Waals surface area contributed by atoms with Gasteiger partial charge in [-0.15, -0.1) is 0 Å². The minimum absolute atomic E-state index is 0.0792. The number of Topliss-reactive ketones (excluding diaryl/α,β-unsaturated/α-hetero) is 1. The molecule has 0 spiro atoms. The van der Waals surface area contributed by atoms with Gasteiger partial charge in [0.05, 0.1) is 0 Å². The van der Waals surface area contributed by atoms with E-state index in [1.807, 2.05) is 60.7 Å². The van der Waals surface area contributed by atoms with Crippen LogP contribution in [-0.4, -0.2) is 29.3 Å². The van der Waals surface area contributed by atoms with Gasteiger partial charge in [-0.2, -0.15) is 0 Å². The molecule has 0 aromatic heterocycles. The zero-order valence-corrected chi connectivity index (χ0v) is 17.1. The van der Waals surface area contributed by atoms with Crippen molar-refractivity contribution < 1.29 is 19.1 Å². The van der Waals surface area contributed by atoms with Gasteiger partial charge in [0.2, 0.25) is 0 Å². The van der Waals surface area contributed by atoms with E-state index >= 15 is 0 Å². The monoisotopic (exact) mass is 413 g/mol. The molecule has 5 nitrogen and oxygen atoms in total. The van der Waals surface area contributed by atoms with Crippen LogP contribution in [0.2, 0.25) is 0 Å². The number of rotatable bonds is 3. The molecule has 2 amide bonds. The number of imide groups is 1. The molecule has 1 aliphatic heterocycles. The molecular weight excluding hydrogens is 390 g/mol. The average molecular weight is 413 g/mol. The highest BCUT2D eigenvalue weighted by molar-refractivity contribution is 6.31. The first-order valence-corrected chi connectivity index (χ1v) is 11.0. The molecule has 156 valence electrons. The molecule has 2 bridgehead atoms. The number of ether oxygens (including phenoxy) is 1. The molecule has 3 aliphatic carbocycles. The zero-order chi connectivity index (χ0) is 21.1. The Bertz CT molecular complexity index is 1110. The van der Waals surface area contributed by atoms with Crippen molar-refractivity contribution in [3.8, 4) is 0 Å². The molecule has 5 atom stereocenters. The van der Waals surface area contributed by atoms with Gasteiger partial charge in [0.1, 0.15) is 12.6 Å². The van der Waals surface area contributed by atoms with Crippen LogP contribution < -0.4 is 0 Å². The van der Waals surface area contributed by atoms with E-state index in [1.165, 1.54) is 4.90 Å². The molecule has 2 saturated carbocycles. The summed E-state index contributed by atoms with van der Waals surface area (Å²) in [6.45, 7) is 0.136. The fourth-order valence-corrected chi connectivity index (χ4v) is 6.40. The van der Waals surface area contributed by atoms with Crippen LogP contribution in [0.1, 0.15) is 36.4 Å². The van der Waals surface area contributed by atoms with E-state index in [4.69, 9.17) is 4.74 Å². The number of hydrogen-bond acceptors (Lipinski definition) is 4. The number of carbonyl (C=O) groups is 3. The summed E-state index contributed by atoms with van der Waals surface area (Å²) in [7, 11) is 0. The number of carbonyl (C=O) groups excluding carboxylic acids is 3. The van der Waals surface area contributed by atoms with E-state index in [-0.39, 0.29) is 30.1 Å². The van der Waals surface area contributed by atoms with Crippen LogP contribution in [0.4, 0.5) is 4.79 Å². The number of allylic oxidation sites excluding steroid dienone is 1. The first kappa shape index (κ1) is 18.6. The van der Waals surface area contributed by atoms with E-state index in [9.17, 15) is 14.4 Å². The summed E-state index contributed by atoms with van der Waals surface area (Å²) in [6, 6.07) is 18.5. The lowest BCUT2D eigenvalue weighted by Crippen LogP contribution is -2.38. The number of cyclic esters (lactones) is 1. The summed E-state index contributed by atoms with van der Waals surface area (Å²) < 4.78 is 5.31. The maximum absolute atomic E-state index is 14.0. The van der Waals surface area contributed by atoms with E-state index in [1.54, 1.807) is 0 Å². The minimum Gasteiger partial charge on any atom is -0.446 e. The topological polar surface area (TPSA) is 63.7 Å². The first-order valence-electron chi connectivity index (χ1n) is 11.0. The van der Waals surface area contributed by atoms with Gasteiger partial charge in [0, 0.05) is 23.0 Å². The Morgan fingerprint density at radius 3 is 2.23 bits per heavy atom. The third-order valence-electron chi connectivity index (χ3n) is 7.64. The molecule has 2 aromatic rings. The van der Waals surface area contributed by atoms with Crippen molar-refractivity contribution in [1.29, 1.82) is 0 Å². The van der Waals surface area contributed by atoms with Gasteiger partial charge in [0.15, 0.2) is 5.78 Å². The third kappa shape index (κ3) is 2.65. The molecule has 31 heavy (non-hydrogen) atoms. The van der Waals surface area contributed by atoms with Gasteiger partial charge < -0.3 is 4.74 Å². The summed E-state index contributed by atoms with van der Waals surface area (Å²) in [5.74, 6) is 0.203. The van der Waals surface area contributed by atoms with Crippen LogP contribution in [0.3, 0.4) is 0 Å². The Kier molecular flexibility index (Phi) is 4.13. The zero-order valence-electron chi connectivity index (χ0n) is 17.1. The van der Waals surface area contributed by atoms with Crippen molar-refractivity contribution in [3.63, 3.8) is 0 Å². The Morgan fingerprint density at radius 2 is 1.52 bits per heavy atom. The Labute approximate surface area is 180 Å². The average Bonchev–Trinajstić information content (AvgIpc) is 3.56. The largest absolute Gasteiger partial charge is 0.446 e. The van der Waals surface area contributed by atoms with Gasteiger partial charge in [-0.3, -0.25) is 9.59 Å². The molecule has 0 N–H and O–H groups in total. The normalized spacial score (nSPS) is 31.4. The van der Waals surface area contributed by atoms with Crippen LogP contribution in [-0.2, 0) is 14.3 Å². The van der Waals surface area contributed by atoms with Gasteiger partial charge in [-0.05, 0) is 42.2 Å². The third-order valence-corrected chi connectivity index (χ3v) is 7.64. The lowest BCUT2D eigenvalue weighted by atomic mass is 9.78. The van der Waals surface area contributed by atoms with Crippen molar-refractivity contribution in [2.75, 3.05) is 6.61 Å². The number of ketones is 1. The standard InChI is InChI=1S/C26H23NO4/c28-24-21(16-9-5-2-6-10-16)23(20-17-11-12-18(13-17)22(20)24)25(29)27-19(14-31-26(27)30)15-7-3-1-4-8-15/h1-10,17-20,22H,11-14H2/t17-,18+,19-,20+,22-/m1/s1. The maximum Gasteiger partial charge on any atom is 0.417 e. The Morgan fingerprint density at radius 1 is 0.871 bits per heavy atom. The lowest BCUT2D eigenvalue weighted by molar-refractivity contribution is -0.126. The van der Waals surface area contributed by atoms with Crippen molar-refractivity contribution >= 4 is 23.4 Å². The van der Waals surface area contributed by atoms with Gasteiger partial charge in [-0.25, -0.2) is 9.69 Å². The molecule has 1 saturated heterocycles. The van der Waals surface area contributed by atoms with Crippen LogP contribution in [0, 0.1) is 23.7 Å². The van der Waals surface area contributed by atoms with Crippen LogP contribution in [0.15, 0.2) is 66.2 Å². The van der Waals surface area contributed by atoms with Gasteiger partial charge >= 0.3 is 6.09 Å². The molecule has 6 rings (SSSR count). The van der Waals surface area contributed by atoms with E-state index in [0.717, 1.165) is 30.4 Å². The lowest BCUT2D eigenvalue weighted by Gasteiger charge is -2.28. The van der Waals surface area contributed by atoms with Gasteiger partial charge in [-0.1, -0.05) is 60.7 Å². The number of nitrogens with zero attached hydrogens (tertiary/aromatic N) is 1. The number of hydrogen-bond donors (Lipinski definition) is 0. The molecule has 1 heterocycles. The minimum atomic E-state index is -0.627. The summed E-state index contributed by atoms with van der Waals surface area (Å²) >= 11 is 0. The van der Waals surface area contributed by atoms with E-state index < -0.39 is 12.1 Å². The highest BCUT2D eigenvalue weighted by Gasteiger charge is 2.59. The molecule has 0 unspecified atom stereocenters. The van der Waals surface area contributed by atoms with Gasteiger partial charge in [0.25, 0.3) is 5.91 Å². The van der Waals surface area contributed by atoms with Crippen molar-refractivity contribution in [1.82, 2.24) is 4.90 Å². The van der Waals surface area contributed by atoms with E-state index in [2.05, 4.69) is 0 Å². The molecule has 3 fully saturated rings. The first-order chi connectivity index (χ1) is 15.1. The Hall–Kier alpha value is -3.21. The molecule has 2 aromatic carbocycles. The van der Waals surface area contributed by atoms with Crippen molar-refractivity contribution in [2.45, 2.75) is 25.3 Å². The predicted octanol–water partition coefficient (Wildman–Crippen LogP) is 4.41. The number of benzene rings is 2. The predicted molar refractivity (Wildman–Crippen MR) is 114 cm³/mol. The molecule has 4 aliphatic rings. The second kappa shape index (κ2) is 6.91. The molecule has 0 radical (unpaired) electrons. The molecular formula is C26H23NO4. The highest BCUT2D eigenvalue weighted by atomic mass is 16.6.